The van der Waals surface area contributed by atoms with Crippen LogP contribution in [0.1, 0.15) is 32.1 Å². The summed E-state index contributed by atoms with van der Waals surface area (Å²) in [7, 11) is 0. The summed E-state index contributed by atoms with van der Waals surface area (Å²) in [6.45, 7) is 0. The molecule has 0 radical (unpaired) electrons. The first kappa shape index (κ1) is 15.4. The quantitative estimate of drug-likeness (QED) is 0.836. The van der Waals surface area contributed by atoms with Crippen molar-refractivity contribution in [2.45, 2.75) is 42.5 Å². The Morgan fingerprint density at radius 1 is 1.30 bits per heavy atom. The molecule has 20 heavy (non-hydrogen) atoms. The zero-order valence-electron chi connectivity index (χ0n) is 11.2. The third kappa shape index (κ3) is 4.26. The fourth-order valence-corrected chi connectivity index (χ4v) is 3.37. The highest BCUT2D eigenvalue weighted by atomic mass is 79.9. The van der Waals surface area contributed by atoms with Crippen molar-refractivity contribution < 1.29 is 4.79 Å². The molecule has 1 aliphatic rings. The van der Waals surface area contributed by atoms with Crippen molar-refractivity contribution in [3.8, 4) is 6.07 Å². The van der Waals surface area contributed by atoms with E-state index >= 15 is 0 Å². The number of benzene rings is 1. The monoisotopic (exact) mass is 352 g/mol. The van der Waals surface area contributed by atoms with Gasteiger partial charge in [-0.15, -0.1) is 11.8 Å². The van der Waals surface area contributed by atoms with Crippen LogP contribution in [0.2, 0.25) is 0 Å². The summed E-state index contributed by atoms with van der Waals surface area (Å²) in [4.78, 5) is 13.1. The highest BCUT2D eigenvalue weighted by molar-refractivity contribution is 9.10. The number of nitrogens with one attached hydrogen (secondary N) is 1. The molecule has 1 aromatic rings. The molecule has 3 nitrogen and oxygen atoms in total. The first-order valence-corrected chi connectivity index (χ1v) is 8.52. The zero-order chi connectivity index (χ0) is 14.4. The van der Waals surface area contributed by atoms with Crippen LogP contribution in [0.4, 0.5) is 0 Å². The van der Waals surface area contributed by atoms with E-state index in [-0.39, 0.29) is 5.91 Å². The van der Waals surface area contributed by atoms with E-state index in [9.17, 15) is 10.1 Å². The van der Waals surface area contributed by atoms with Gasteiger partial charge in [0.1, 0.15) is 5.54 Å². The van der Waals surface area contributed by atoms with Crippen molar-refractivity contribution in [1.29, 1.82) is 5.26 Å². The minimum atomic E-state index is -0.629. The molecule has 0 aliphatic heterocycles. The SMILES string of the molecule is N#CC1(NC(=O)CSc2ccc(Br)cc2)CCCCC1. The number of hydrogen-bond acceptors (Lipinski definition) is 3. The maximum Gasteiger partial charge on any atom is 0.231 e. The minimum absolute atomic E-state index is 0.0543. The summed E-state index contributed by atoms with van der Waals surface area (Å²) in [5.41, 5.74) is -0.629. The van der Waals surface area contributed by atoms with Gasteiger partial charge in [-0.1, -0.05) is 35.2 Å². The van der Waals surface area contributed by atoms with Gasteiger partial charge in [-0.05, 0) is 37.1 Å². The molecule has 0 heterocycles. The van der Waals surface area contributed by atoms with E-state index in [2.05, 4.69) is 27.3 Å². The molecule has 0 aromatic heterocycles. The van der Waals surface area contributed by atoms with Gasteiger partial charge >= 0.3 is 0 Å². The van der Waals surface area contributed by atoms with E-state index in [0.29, 0.717) is 5.75 Å². The van der Waals surface area contributed by atoms with E-state index in [0.717, 1.165) is 41.5 Å². The highest BCUT2D eigenvalue weighted by Crippen LogP contribution is 2.28. The number of nitriles is 1. The molecule has 2 rings (SSSR count). The van der Waals surface area contributed by atoms with Crippen LogP contribution in [-0.4, -0.2) is 17.2 Å². The topological polar surface area (TPSA) is 52.9 Å². The third-order valence-electron chi connectivity index (χ3n) is 3.48. The molecule has 1 saturated carbocycles. The van der Waals surface area contributed by atoms with Gasteiger partial charge in [0.25, 0.3) is 0 Å². The number of amides is 1. The molecule has 1 N–H and O–H groups in total. The number of carbonyl (C=O) groups excluding carboxylic acids is 1. The third-order valence-corrected chi connectivity index (χ3v) is 5.02. The second-order valence-electron chi connectivity index (χ2n) is 5.05. The molecule has 1 aliphatic carbocycles. The van der Waals surface area contributed by atoms with Crippen molar-refractivity contribution in [2.24, 2.45) is 0 Å². The highest BCUT2D eigenvalue weighted by Gasteiger charge is 2.33. The normalized spacial score (nSPS) is 17.2. The Bertz CT molecular complexity index is 504. The lowest BCUT2D eigenvalue weighted by atomic mass is 9.83. The van der Waals surface area contributed by atoms with Crippen LogP contribution in [-0.2, 0) is 4.79 Å². The molecular weight excluding hydrogens is 336 g/mol. The Balaban J connectivity index is 1.85. The fraction of sp³-hybridized carbons (Fsp3) is 0.467. The second-order valence-corrected chi connectivity index (χ2v) is 7.01. The molecule has 0 bridgehead atoms. The van der Waals surface area contributed by atoms with Crippen LogP contribution in [0.15, 0.2) is 33.6 Å². The fourth-order valence-electron chi connectivity index (χ4n) is 2.40. The summed E-state index contributed by atoms with van der Waals surface area (Å²) in [6.07, 6.45) is 4.75. The van der Waals surface area contributed by atoms with Crippen LogP contribution in [0.3, 0.4) is 0 Å². The van der Waals surface area contributed by atoms with Gasteiger partial charge in [-0.3, -0.25) is 4.79 Å². The predicted molar refractivity (Wildman–Crippen MR) is 84.4 cm³/mol. The van der Waals surface area contributed by atoms with Crippen molar-refractivity contribution >= 4 is 33.6 Å². The molecule has 1 aromatic carbocycles. The average Bonchev–Trinajstić information content (AvgIpc) is 2.47. The average molecular weight is 353 g/mol. The molecule has 5 heteroatoms. The predicted octanol–water partition coefficient (Wildman–Crippen LogP) is 3.88. The number of nitrogens with zero attached hydrogens (tertiary/aromatic N) is 1. The summed E-state index contributed by atoms with van der Waals surface area (Å²) >= 11 is 4.88. The smallest absolute Gasteiger partial charge is 0.231 e. The van der Waals surface area contributed by atoms with Crippen molar-refractivity contribution in [1.82, 2.24) is 5.32 Å². The van der Waals surface area contributed by atoms with Gasteiger partial charge in [0.2, 0.25) is 5.91 Å². The Morgan fingerprint density at radius 2 is 1.95 bits per heavy atom. The molecule has 0 atom stereocenters. The Morgan fingerprint density at radius 3 is 2.55 bits per heavy atom. The molecule has 1 fully saturated rings. The lowest BCUT2D eigenvalue weighted by Crippen LogP contribution is -2.49. The summed E-state index contributed by atoms with van der Waals surface area (Å²) < 4.78 is 1.02. The van der Waals surface area contributed by atoms with E-state index in [4.69, 9.17) is 0 Å². The maximum absolute atomic E-state index is 12.0. The Hall–Kier alpha value is -0.990. The van der Waals surface area contributed by atoms with Gasteiger partial charge in [0, 0.05) is 9.37 Å². The Kier molecular flexibility index (Phi) is 5.50. The zero-order valence-corrected chi connectivity index (χ0v) is 13.6. The molecule has 0 unspecified atom stereocenters. The molecule has 0 saturated heterocycles. The second kappa shape index (κ2) is 7.14. The summed E-state index contributed by atoms with van der Waals surface area (Å²) in [5, 5.41) is 12.3. The number of carbonyl (C=O) groups is 1. The first-order chi connectivity index (χ1) is 9.63. The van der Waals surface area contributed by atoms with Gasteiger partial charge in [0.15, 0.2) is 0 Å². The standard InChI is InChI=1S/C15H17BrN2OS/c16-12-4-6-13(7-5-12)20-10-14(19)18-15(11-17)8-2-1-3-9-15/h4-7H,1-3,8-10H2,(H,18,19). The molecular formula is C15H17BrN2OS. The number of rotatable bonds is 4. The molecule has 0 spiro atoms. The summed E-state index contributed by atoms with van der Waals surface area (Å²) in [6, 6.07) is 10.2. The van der Waals surface area contributed by atoms with Gasteiger partial charge in [0.05, 0.1) is 11.8 Å². The molecule has 106 valence electrons. The minimum Gasteiger partial charge on any atom is -0.337 e. The number of thioether (sulfide) groups is 1. The first-order valence-electron chi connectivity index (χ1n) is 6.74. The van der Waals surface area contributed by atoms with Gasteiger partial charge in [-0.2, -0.15) is 5.26 Å². The van der Waals surface area contributed by atoms with E-state index in [1.54, 1.807) is 0 Å². The van der Waals surface area contributed by atoms with Crippen LogP contribution in [0.25, 0.3) is 0 Å². The van der Waals surface area contributed by atoms with E-state index < -0.39 is 5.54 Å². The van der Waals surface area contributed by atoms with E-state index in [1.165, 1.54) is 11.8 Å². The summed E-state index contributed by atoms with van der Waals surface area (Å²) in [5.74, 6) is 0.298. The van der Waals surface area contributed by atoms with Crippen molar-refractivity contribution in [2.75, 3.05) is 5.75 Å². The maximum atomic E-state index is 12.0. The largest absolute Gasteiger partial charge is 0.337 e. The molecule has 1 amide bonds. The van der Waals surface area contributed by atoms with Gasteiger partial charge < -0.3 is 5.32 Å². The van der Waals surface area contributed by atoms with Gasteiger partial charge in [-0.25, -0.2) is 0 Å². The lowest BCUT2D eigenvalue weighted by Gasteiger charge is -2.31. The van der Waals surface area contributed by atoms with Crippen LogP contribution in [0, 0.1) is 11.3 Å². The van der Waals surface area contributed by atoms with Crippen LogP contribution >= 0.6 is 27.7 Å². The number of hydrogen-bond donors (Lipinski definition) is 1. The lowest BCUT2D eigenvalue weighted by molar-refractivity contribution is -0.120. The van der Waals surface area contributed by atoms with Crippen molar-refractivity contribution in [3.05, 3.63) is 28.7 Å². The van der Waals surface area contributed by atoms with Crippen molar-refractivity contribution in [3.63, 3.8) is 0 Å². The van der Waals surface area contributed by atoms with Crippen LogP contribution in [0.5, 0.6) is 0 Å². The Labute approximate surface area is 132 Å². The van der Waals surface area contributed by atoms with Crippen LogP contribution < -0.4 is 5.32 Å². The number of halogens is 1. The van der Waals surface area contributed by atoms with E-state index in [1.807, 2.05) is 24.3 Å².